The van der Waals surface area contributed by atoms with Gasteiger partial charge in [0.2, 0.25) is 0 Å². The Labute approximate surface area is 149 Å². The van der Waals surface area contributed by atoms with Crippen LogP contribution in [0, 0.1) is 0 Å². The van der Waals surface area contributed by atoms with Crippen LogP contribution < -0.4 is 9.47 Å². The van der Waals surface area contributed by atoms with Gasteiger partial charge in [0.25, 0.3) is 0 Å². The van der Waals surface area contributed by atoms with Gasteiger partial charge in [0.1, 0.15) is 12.7 Å². The molecule has 132 valence electrons. The van der Waals surface area contributed by atoms with Gasteiger partial charge in [-0.15, -0.1) is 0 Å². The van der Waals surface area contributed by atoms with Crippen LogP contribution in [-0.4, -0.2) is 42.4 Å². The predicted molar refractivity (Wildman–Crippen MR) is 97.1 cm³/mol. The number of aliphatic hydroxyl groups is 1. The monoisotopic (exact) mass is 339 g/mol. The van der Waals surface area contributed by atoms with Crippen LogP contribution in [-0.2, 0) is 6.61 Å². The summed E-state index contributed by atoms with van der Waals surface area (Å²) in [6.07, 6.45) is 2.48. The van der Waals surface area contributed by atoms with Gasteiger partial charge in [-0.3, -0.25) is 4.90 Å². The summed E-state index contributed by atoms with van der Waals surface area (Å²) in [4.78, 5) is 2.49. The van der Waals surface area contributed by atoms with Crippen LogP contribution in [0.5, 0.6) is 11.5 Å². The largest absolute Gasteiger partial charge is 0.486 e. The van der Waals surface area contributed by atoms with Crippen molar-refractivity contribution in [3.05, 3.63) is 59.7 Å². The molecule has 2 aromatic carbocycles. The topological polar surface area (TPSA) is 41.9 Å². The third-order valence-corrected chi connectivity index (χ3v) is 5.14. The highest BCUT2D eigenvalue weighted by Gasteiger charge is 2.27. The highest BCUT2D eigenvalue weighted by atomic mass is 16.6. The Morgan fingerprint density at radius 1 is 1.08 bits per heavy atom. The second-order valence-electron chi connectivity index (χ2n) is 7.00. The van der Waals surface area contributed by atoms with Crippen LogP contribution in [0.1, 0.15) is 29.9 Å². The normalized spacial score (nSPS) is 23.4. The van der Waals surface area contributed by atoms with Crippen molar-refractivity contribution < 1.29 is 14.6 Å². The van der Waals surface area contributed by atoms with E-state index in [1.807, 2.05) is 30.3 Å². The fraction of sp³-hybridized carbons (Fsp3) is 0.429. The number of para-hydroxylation sites is 2. The van der Waals surface area contributed by atoms with Crippen molar-refractivity contribution in [3.8, 4) is 11.5 Å². The van der Waals surface area contributed by atoms with Gasteiger partial charge in [-0.1, -0.05) is 36.4 Å². The number of rotatable bonds is 4. The van der Waals surface area contributed by atoms with E-state index in [-0.39, 0.29) is 12.7 Å². The highest BCUT2D eigenvalue weighted by Crippen LogP contribution is 2.32. The molecule has 2 aliphatic rings. The Balaban J connectivity index is 1.39. The molecule has 0 spiro atoms. The molecule has 25 heavy (non-hydrogen) atoms. The van der Waals surface area contributed by atoms with Crippen molar-refractivity contribution in [2.75, 3.05) is 26.2 Å². The minimum atomic E-state index is 0.0810. The lowest BCUT2D eigenvalue weighted by Gasteiger charge is -2.36. The lowest BCUT2D eigenvalue weighted by Crippen LogP contribution is -2.44. The molecule has 1 N–H and O–H groups in total. The molecule has 2 heterocycles. The lowest BCUT2D eigenvalue weighted by molar-refractivity contribution is 0.0505. The van der Waals surface area contributed by atoms with Crippen molar-refractivity contribution in [1.29, 1.82) is 0 Å². The number of nitrogens with zero attached hydrogens (tertiary/aromatic N) is 1. The molecule has 0 aliphatic carbocycles. The van der Waals surface area contributed by atoms with Crippen LogP contribution in [0.15, 0.2) is 48.5 Å². The third kappa shape index (κ3) is 3.80. The van der Waals surface area contributed by atoms with Crippen molar-refractivity contribution in [2.24, 2.45) is 0 Å². The first-order valence-electron chi connectivity index (χ1n) is 9.12. The summed E-state index contributed by atoms with van der Waals surface area (Å²) in [5.74, 6) is 2.22. The van der Waals surface area contributed by atoms with E-state index >= 15 is 0 Å². The van der Waals surface area contributed by atoms with Gasteiger partial charge in [-0.25, -0.2) is 0 Å². The second-order valence-corrected chi connectivity index (χ2v) is 7.00. The zero-order valence-corrected chi connectivity index (χ0v) is 14.4. The molecule has 0 radical (unpaired) electrons. The number of hydrogen-bond donors (Lipinski definition) is 1. The quantitative estimate of drug-likeness (QED) is 0.929. The molecule has 1 fully saturated rings. The van der Waals surface area contributed by atoms with Crippen molar-refractivity contribution in [3.63, 3.8) is 0 Å². The van der Waals surface area contributed by atoms with Gasteiger partial charge in [0, 0.05) is 13.1 Å². The minimum Gasteiger partial charge on any atom is -0.486 e. The van der Waals surface area contributed by atoms with Gasteiger partial charge >= 0.3 is 0 Å². The number of aliphatic hydroxyl groups excluding tert-OH is 1. The standard InChI is InChI=1S/C21H25NO3/c23-14-16-5-3-6-17(11-16)18-7-4-10-22(12-18)13-19-15-24-20-8-1-2-9-21(20)25-19/h1-3,5-6,8-9,11,18-19,23H,4,7,10,12-15H2/t18-,19-/m0/s1. The van der Waals surface area contributed by atoms with Gasteiger partial charge in [-0.2, -0.15) is 0 Å². The van der Waals surface area contributed by atoms with Gasteiger partial charge in [0.05, 0.1) is 6.61 Å². The molecule has 4 heteroatoms. The Morgan fingerprint density at radius 3 is 2.84 bits per heavy atom. The molecular weight excluding hydrogens is 314 g/mol. The molecule has 0 saturated carbocycles. The van der Waals surface area contributed by atoms with Gasteiger partial charge in [0.15, 0.2) is 11.5 Å². The Hall–Kier alpha value is -2.04. The molecule has 0 bridgehead atoms. The summed E-state index contributed by atoms with van der Waals surface area (Å²) >= 11 is 0. The van der Waals surface area contributed by atoms with Crippen LogP contribution in [0.3, 0.4) is 0 Å². The van der Waals surface area contributed by atoms with E-state index in [1.54, 1.807) is 0 Å². The maximum absolute atomic E-state index is 9.37. The number of piperidine rings is 1. The van der Waals surface area contributed by atoms with Crippen LogP contribution in [0.25, 0.3) is 0 Å². The number of benzene rings is 2. The Bertz CT molecular complexity index is 718. The molecule has 0 aromatic heterocycles. The molecule has 1 saturated heterocycles. The van der Waals surface area contributed by atoms with Crippen LogP contribution >= 0.6 is 0 Å². The number of likely N-dealkylation sites (tertiary alicyclic amines) is 1. The zero-order valence-electron chi connectivity index (χ0n) is 14.4. The van der Waals surface area contributed by atoms with E-state index in [1.165, 1.54) is 18.4 Å². The van der Waals surface area contributed by atoms with Crippen molar-refractivity contribution >= 4 is 0 Å². The summed E-state index contributed by atoms with van der Waals surface area (Å²) in [6.45, 7) is 3.76. The minimum absolute atomic E-state index is 0.0810. The number of hydrogen-bond acceptors (Lipinski definition) is 4. The van der Waals surface area contributed by atoms with E-state index < -0.39 is 0 Å². The zero-order chi connectivity index (χ0) is 17.1. The SMILES string of the molecule is OCc1cccc([C@H]2CCCN(C[C@H]3COc4ccccc4O3)C2)c1. The van der Waals surface area contributed by atoms with E-state index in [2.05, 4.69) is 23.1 Å². The molecule has 2 aromatic rings. The molecular formula is C21H25NO3. The van der Waals surface area contributed by atoms with Crippen molar-refractivity contribution in [2.45, 2.75) is 31.5 Å². The molecule has 0 amide bonds. The van der Waals surface area contributed by atoms with E-state index in [0.717, 1.165) is 36.7 Å². The summed E-state index contributed by atoms with van der Waals surface area (Å²) in [6, 6.07) is 16.2. The summed E-state index contributed by atoms with van der Waals surface area (Å²) in [5.41, 5.74) is 2.33. The Morgan fingerprint density at radius 2 is 1.96 bits per heavy atom. The highest BCUT2D eigenvalue weighted by molar-refractivity contribution is 5.40. The van der Waals surface area contributed by atoms with E-state index in [0.29, 0.717) is 12.5 Å². The van der Waals surface area contributed by atoms with Crippen molar-refractivity contribution in [1.82, 2.24) is 4.90 Å². The predicted octanol–water partition coefficient (Wildman–Crippen LogP) is 3.20. The molecule has 2 aliphatic heterocycles. The second kappa shape index (κ2) is 7.46. The maximum Gasteiger partial charge on any atom is 0.161 e. The molecule has 4 rings (SSSR count). The van der Waals surface area contributed by atoms with Gasteiger partial charge in [-0.05, 0) is 48.6 Å². The average Bonchev–Trinajstić information content (AvgIpc) is 2.68. The summed E-state index contributed by atoms with van der Waals surface area (Å²) in [5, 5.41) is 9.37. The first kappa shape index (κ1) is 16.4. The molecule has 4 nitrogen and oxygen atoms in total. The summed E-state index contributed by atoms with van der Waals surface area (Å²) in [7, 11) is 0. The lowest BCUT2D eigenvalue weighted by atomic mass is 9.89. The van der Waals surface area contributed by atoms with E-state index in [4.69, 9.17) is 9.47 Å². The molecule has 0 unspecified atom stereocenters. The Kier molecular flexibility index (Phi) is 4.90. The smallest absolute Gasteiger partial charge is 0.161 e. The van der Waals surface area contributed by atoms with Crippen LogP contribution in [0.4, 0.5) is 0 Å². The maximum atomic E-state index is 9.37. The first-order chi connectivity index (χ1) is 12.3. The fourth-order valence-electron chi connectivity index (χ4n) is 3.88. The van der Waals surface area contributed by atoms with Crippen LogP contribution in [0.2, 0.25) is 0 Å². The fourth-order valence-corrected chi connectivity index (χ4v) is 3.88. The first-order valence-corrected chi connectivity index (χ1v) is 9.12. The van der Waals surface area contributed by atoms with Gasteiger partial charge < -0.3 is 14.6 Å². The number of ether oxygens (including phenoxy) is 2. The third-order valence-electron chi connectivity index (χ3n) is 5.14. The summed E-state index contributed by atoms with van der Waals surface area (Å²) < 4.78 is 12.0. The van der Waals surface area contributed by atoms with E-state index in [9.17, 15) is 5.11 Å². The number of fused-ring (bicyclic) bond motifs is 1. The average molecular weight is 339 g/mol. The molecule has 2 atom stereocenters.